The number of rotatable bonds is 6. The zero-order valence-corrected chi connectivity index (χ0v) is 17.1. The molecule has 1 fully saturated rings. The molecule has 8 heteroatoms. The van der Waals surface area contributed by atoms with Crippen LogP contribution in [0.1, 0.15) is 38.8 Å². The lowest BCUT2D eigenvalue weighted by Gasteiger charge is -2.18. The number of methoxy groups -OCH3 is 1. The Kier molecular flexibility index (Phi) is 9.04. The van der Waals surface area contributed by atoms with E-state index in [4.69, 9.17) is 15.2 Å². The fourth-order valence-electron chi connectivity index (χ4n) is 2.69. The van der Waals surface area contributed by atoms with Gasteiger partial charge in [-0.3, -0.25) is 4.99 Å². The number of allylic oxidation sites excluding steroid dienone is 1. The molecule has 1 aromatic heterocycles. The molecule has 0 bridgehead atoms. The van der Waals surface area contributed by atoms with Crippen LogP contribution in [0.5, 0.6) is 5.75 Å². The molecule has 2 heterocycles. The van der Waals surface area contributed by atoms with Gasteiger partial charge in [-0.25, -0.2) is 14.4 Å². The number of ether oxygens (including phenoxy) is 2. The van der Waals surface area contributed by atoms with Crippen molar-refractivity contribution < 1.29 is 13.9 Å². The predicted octanol–water partition coefficient (Wildman–Crippen LogP) is 4.29. The zero-order valence-electron chi connectivity index (χ0n) is 17.1. The first-order valence-electron chi connectivity index (χ1n) is 9.71. The maximum atomic E-state index is 14.1. The third-order valence-corrected chi connectivity index (χ3v) is 4.10. The molecule has 0 spiro atoms. The summed E-state index contributed by atoms with van der Waals surface area (Å²) in [5.74, 6) is 0.112. The molecule has 1 aliphatic rings. The largest absolute Gasteiger partial charge is 0.494 e. The van der Waals surface area contributed by atoms with E-state index < -0.39 is 5.82 Å². The molecule has 1 unspecified atom stereocenters. The van der Waals surface area contributed by atoms with Gasteiger partial charge in [0.15, 0.2) is 5.82 Å². The summed E-state index contributed by atoms with van der Waals surface area (Å²) >= 11 is 0. The van der Waals surface area contributed by atoms with Gasteiger partial charge in [-0.15, -0.1) is 0 Å². The predicted molar refractivity (Wildman–Crippen MR) is 114 cm³/mol. The van der Waals surface area contributed by atoms with Crippen molar-refractivity contribution in [2.24, 2.45) is 10.7 Å². The Morgan fingerprint density at radius 3 is 2.86 bits per heavy atom. The van der Waals surface area contributed by atoms with E-state index in [1.807, 2.05) is 13.8 Å². The number of para-hydroxylation sites is 1. The molecule has 0 amide bonds. The summed E-state index contributed by atoms with van der Waals surface area (Å²) in [6.45, 7) is 4.72. The molecule has 1 aliphatic heterocycles. The van der Waals surface area contributed by atoms with Crippen LogP contribution in [0.15, 0.2) is 41.7 Å². The Balaban J connectivity index is 0.00000145. The summed E-state index contributed by atoms with van der Waals surface area (Å²) in [7, 11) is 1.47. The fraction of sp³-hybridized carbons (Fsp3) is 0.381. The minimum Gasteiger partial charge on any atom is -0.494 e. The van der Waals surface area contributed by atoms with Crippen LogP contribution in [0.3, 0.4) is 0 Å². The Labute approximate surface area is 170 Å². The highest BCUT2D eigenvalue weighted by Gasteiger charge is 2.13. The van der Waals surface area contributed by atoms with Crippen molar-refractivity contribution >= 4 is 23.4 Å². The van der Waals surface area contributed by atoms with Crippen LogP contribution in [0.2, 0.25) is 0 Å². The van der Waals surface area contributed by atoms with E-state index in [0.29, 0.717) is 17.0 Å². The number of aliphatic imine (C=N–C) groups is 1. The standard InChI is InChI=1S/C19H22FN5O2.C2H6/c1-26-16-6-4-5-14(20)18(16)25-19-22-9-8-15(24-19)13(11-21)12-23-17-7-2-3-10-27-17;1-2/h4-6,8-9,11-12,17H,2-3,7,10,21H2,1H3,(H,22,24,25);1-2H3/b13-11+,23-12+;. The summed E-state index contributed by atoms with van der Waals surface area (Å²) in [6.07, 6.45) is 7.51. The van der Waals surface area contributed by atoms with E-state index in [9.17, 15) is 4.39 Å². The summed E-state index contributed by atoms with van der Waals surface area (Å²) in [5.41, 5.74) is 7.08. The van der Waals surface area contributed by atoms with Crippen LogP contribution < -0.4 is 15.8 Å². The summed E-state index contributed by atoms with van der Waals surface area (Å²) in [5, 5.41) is 2.86. The summed E-state index contributed by atoms with van der Waals surface area (Å²) in [6, 6.07) is 6.25. The SMILES string of the molecule is CC.COc1cccc(F)c1Nc1nccc(C(=C/N)/C=N/C2CCCCO2)n1. The molecule has 0 saturated carbocycles. The van der Waals surface area contributed by atoms with Gasteiger partial charge in [0, 0.05) is 30.8 Å². The van der Waals surface area contributed by atoms with E-state index in [2.05, 4.69) is 20.3 Å². The number of nitrogens with one attached hydrogen (secondary N) is 1. The average Bonchev–Trinajstić information content (AvgIpc) is 2.78. The molecular formula is C21H28FN5O2. The van der Waals surface area contributed by atoms with E-state index in [1.54, 1.807) is 30.6 Å². The first kappa shape index (κ1) is 22.3. The number of aromatic nitrogens is 2. The number of hydrogen-bond acceptors (Lipinski definition) is 7. The zero-order chi connectivity index (χ0) is 21.1. The molecule has 3 rings (SSSR count). The second-order valence-electron chi connectivity index (χ2n) is 5.93. The molecule has 1 saturated heterocycles. The van der Waals surface area contributed by atoms with Crippen LogP contribution >= 0.6 is 0 Å². The number of nitrogens with two attached hydrogens (primary N) is 1. The van der Waals surface area contributed by atoms with Gasteiger partial charge >= 0.3 is 0 Å². The maximum Gasteiger partial charge on any atom is 0.227 e. The highest BCUT2D eigenvalue weighted by atomic mass is 19.1. The van der Waals surface area contributed by atoms with Gasteiger partial charge in [0.1, 0.15) is 17.7 Å². The third-order valence-electron chi connectivity index (χ3n) is 4.10. The lowest BCUT2D eigenvalue weighted by molar-refractivity contribution is 0.0227. The molecule has 156 valence electrons. The van der Waals surface area contributed by atoms with Crippen LogP contribution in [0.25, 0.3) is 5.57 Å². The Morgan fingerprint density at radius 2 is 2.17 bits per heavy atom. The van der Waals surface area contributed by atoms with Crippen molar-refractivity contribution in [2.75, 3.05) is 19.0 Å². The minimum atomic E-state index is -0.464. The molecule has 0 aliphatic carbocycles. The maximum absolute atomic E-state index is 14.1. The summed E-state index contributed by atoms with van der Waals surface area (Å²) in [4.78, 5) is 13.0. The molecular weight excluding hydrogens is 373 g/mol. The summed E-state index contributed by atoms with van der Waals surface area (Å²) < 4.78 is 24.9. The highest BCUT2D eigenvalue weighted by Crippen LogP contribution is 2.29. The quantitative estimate of drug-likeness (QED) is 0.701. The smallest absolute Gasteiger partial charge is 0.227 e. The molecule has 2 aromatic rings. The Bertz CT molecular complexity index is 836. The molecule has 29 heavy (non-hydrogen) atoms. The number of benzene rings is 1. The van der Waals surface area contributed by atoms with E-state index in [1.165, 1.54) is 19.4 Å². The first-order chi connectivity index (χ1) is 14.2. The average molecular weight is 401 g/mol. The minimum absolute atomic E-state index is 0.157. The van der Waals surface area contributed by atoms with Gasteiger partial charge in [-0.05, 0) is 37.5 Å². The second kappa shape index (κ2) is 11.8. The van der Waals surface area contributed by atoms with Gasteiger partial charge in [0.25, 0.3) is 0 Å². The number of hydrogen-bond donors (Lipinski definition) is 2. The van der Waals surface area contributed by atoms with Crippen LogP contribution in [0.4, 0.5) is 16.0 Å². The Morgan fingerprint density at radius 1 is 1.34 bits per heavy atom. The molecule has 7 nitrogen and oxygen atoms in total. The van der Waals surface area contributed by atoms with Crippen LogP contribution in [-0.2, 0) is 4.74 Å². The highest BCUT2D eigenvalue weighted by molar-refractivity contribution is 6.08. The molecule has 1 atom stereocenters. The monoisotopic (exact) mass is 401 g/mol. The number of nitrogens with zero attached hydrogens (tertiary/aromatic N) is 3. The van der Waals surface area contributed by atoms with Crippen molar-refractivity contribution in [1.82, 2.24) is 9.97 Å². The lowest BCUT2D eigenvalue weighted by Crippen LogP contribution is -2.16. The fourth-order valence-corrected chi connectivity index (χ4v) is 2.69. The van der Waals surface area contributed by atoms with Crippen molar-refractivity contribution in [3.8, 4) is 5.75 Å². The first-order valence-corrected chi connectivity index (χ1v) is 9.71. The van der Waals surface area contributed by atoms with E-state index in [0.717, 1.165) is 25.9 Å². The van der Waals surface area contributed by atoms with Crippen LogP contribution in [0, 0.1) is 5.82 Å². The van der Waals surface area contributed by atoms with Gasteiger partial charge in [0.05, 0.1) is 12.8 Å². The van der Waals surface area contributed by atoms with Crippen molar-refractivity contribution in [3.63, 3.8) is 0 Å². The van der Waals surface area contributed by atoms with E-state index in [-0.39, 0.29) is 17.9 Å². The molecule has 3 N–H and O–H groups in total. The molecule has 0 radical (unpaired) electrons. The van der Waals surface area contributed by atoms with Gasteiger partial charge in [0.2, 0.25) is 5.95 Å². The van der Waals surface area contributed by atoms with Crippen molar-refractivity contribution in [1.29, 1.82) is 0 Å². The van der Waals surface area contributed by atoms with Gasteiger partial charge < -0.3 is 20.5 Å². The van der Waals surface area contributed by atoms with Crippen molar-refractivity contribution in [2.45, 2.75) is 39.3 Å². The van der Waals surface area contributed by atoms with Gasteiger partial charge in [-0.2, -0.15) is 0 Å². The molecule has 1 aromatic carbocycles. The lowest BCUT2D eigenvalue weighted by atomic mass is 10.2. The second-order valence-corrected chi connectivity index (χ2v) is 5.93. The topological polar surface area (TPSA) is 94.7 Å². The number of anilines is 2. The third kappa shape index (κ3) is 6.25. The van der Waals surface area contributed by atoms with Crippen LogP contribution in [-0.4, -0.2) is 36.1 Å². The normalized spacial score (nSPS) is 16.8. The van der Waals surface area contributed by atoms with Gasteiger partial charge in [-0.1, -0.05) is 19.9 Å². The number of halogens is 1. The van der Waals surface area contributed by atoms with Crippen molar-refractivity contribution in [3.05, 3.63) is 48.2 Å². The Hall–Kier alpha value is -3.00. The van der Waals surface area contributed by atoms with E-state index >= 15 is 0 Å².